The summed E-state index contributed by atoms with van der Waals surface area (Å²) in [6.07, 6.45) is 2.91. The third-order valence-corrected chi connectivity index (χ3v) is 3.47. The van der Waals surface area contributed by atoms with Crippen LogP contribution in [0.4, 0.5) is 0 Å². The molecule has 6 heteroatoms. The zero-order valence-electron chi connectivity index (χ0n) is 13.3. The molecule has 0 heterocycles. The second kappa shape index (κ2) is 9.58. The Balaban J connectivity index is 2.15. The quantitative estimate of drug-likeness (QED) is 0.567. The molecule has 1 rings (SSSR count). The highest BCUT2D eigenvalue weighted by Crippen LogP contribution is 2.23. The number of carbonyl (C=O) groups excluding carboxylic acids is 4. The van der Waals surface area contributed by atoms with Gasteiger partial charge in [-0.3, -0.25) is 19.2 Å². The van der Waals surface area contributed by atoms with Crippen LogP contribution >= 0.6 is 0 Å². The SMILES string of the molecule is CC(=O)CC(=O)COC1CCC(OCC(=O)CC(C)=O)CC1. The molecule has 1 aliphatic rings. The van der Waals surface area contributed by atoms with Gasteiger partial charge in [0.1, 0.15) is 24.8 Å². The highest BCUT2D eigenvalue weighted by molar-refractivity contribution is 5.99. The van der Waals surface area contributed by atoms with Crippen LogP contribution in [0, 0.1) is 0 Å². The maximum Gasteiger partial charge on any atom is 0.165 e. The Morgan fingerprint density at radius 1 is 0.727 bits per heavy atom. The van der Waals surface area contributed by atoms with E-state index in [2.05, 4.69) is 0 Å². The normalized spacial score (nSPS) is 21.4. The molecule has 0 aromatic carbocycles. The first kappa shape index (κ1) is 18.6. The fourth-order valence-electron chi connectivity index (χ4n) is 2.44. The van der Waals surface area contributed by atoms with Gasteiger partial charge >= 0.3 is 0 Å². The van der Waals surface area contributed by atoms with Crippen LogP contribution < -0.4 is 0 Å². The first-order valence-corrected chi connectivity index (χ1v) is 7.62. The highest BCUT2D eigenvalue weighted by atomic mass is 16.5. The third kappa shape index (κ3) is 8.14. The number of hydrogen-bond acceptors (Lipinski definition) is 6. The molecule has 0 bridgehead atoms. The lowest BCUT2D eigenvalue weighted by molar-refractivity contribution is -0.134. The van der Waals surface area contributed by atoms with Gasteiger partial charge in [-0.25, -0.2) is 0 Å². The van der Waals surface area contributed by atoms with Crippen LogP contribution in [0.2, 0.25) is 0 Å². The van der Waals surface area contributed by atoms with Crippen molar-refractivity contribution in [2.45, 2.75) is 64.6 Å². The molecule has 1 saturated carbocycles. The highest BCUT2D eigenvalue weighted by Gasteiger charge is 2.23. The molecule has 0 unspecified atom stereocenters. The lowest BCUT2D eigenvalue weighted by Crippen LogP contribution is -2.29. The lowest BCUT2D eigenvalue weighted by Gasteiger charge is -2.28. The maximum absolute atomic E-state index is 11.4. The standard InChI is InChI=1S/C16H24O6/c1-11(17)7-13(19)9-21-15-3-5-16(6-4-15)22-10-14(20)8-12(2)18/h15-16H,3-10H2,1-2H3. The summed E-state index contributed by atoms with van der Waals surface area (Å²) >= 11 is 0. The van der Waals surface area contributed by atoms with Crippen LogP contribution in [-0.2, 0) is 28.7 Å². The summed E-state index contributed by atoms with van der Waals surface area (Å²) in [5, 5.41) is 0. The molecule has 0 radical (unpaired) electrons. The Hall–Kier alpha value is -1.40. The van der Waals surface area contributed by atoms with Crippen LogP contribution in [0.5, 0.6) is 0 Å². The van der Waals surface area contributed by atoms with Crippen LogP contribution in [0.1, 0.15) is 52.4 Å². The summed E-state index contributed by atoms with van der Waals surface area (Å²) in [6, 6.07) is 0. The molecule has 0 aliphatic heterocycles. The van der Waals surface area contributed by atoms with Crippen LogP contribution in [0.25, 0.3) is 0 Å². The van der Waals surface area contributed by atoms with Crippen molar-refractivity contribution in [2.24, 2.45) is 0 Å². The van der Waals surface area contributed by atoms with E-state index in [1.54, 1.807) is 0 Å². The number of hydrogen-bond donors (Lipinski definition) is 0. The van der Waals surface area contributed by atoms with E-state index in [-0.39, 0.29) is 61.4 Å². The minimum atomic E-state index is -0.194. The van der Waals surface area contributed by atoms with Gasteiger partial charge in [-0.1, -0.05) is 0 Å². The summed E-state index contributed by atoms with van der Waals surface area (Å²) < 4.78 is 11.0. The van der Waals surface area contributed by atoms with Gasteiger partial charge in [-0.05, 0) is 39.5 Å². The van der Waals surface area contributed by atoms with Crippen molar-refractivity contribution in [3.63, 3.8) is 0 Å². The number of carbonyl (C=O) groups is 4. The minimum absolute atomic E-state index is 0.00341. The van der Waals surface area contributed by atoms with Crippen LogP contribution in [0.15, 0.2) is 0 Å². The molecular weight excluding hydrogens is 288 g/mol. The van der Waals surface area contributed by atoms with Gasteiger partial charge in [0.25, 0.3) is 0 Å². The van der Waals surface area contributed by atoms with Gasteiger partial charge in [-0.2, -0.15) is 0 Å². The van der Waals surface area contributed by atoms with Crippen molar-refractivity contribution in [3.8, 4) is 0 Å². The third-order valence-electron chi connectivity index (χ3n) is 3.47. The summed E-state index contributed by atoms with van der Waals surface area (Å²) in [7, 11) is 0. The molecule has 1 fully saturated rings. The zero-order valence-corrected chi connectivity index (χ0v) is 13.3. The molecule has 1 aliphatic carbocycles. The van der Waals surface area contributed by atoms with E-state index in [1.165, 1.54) is 13.8 Å². The number of ether oxygens (including phenoxy) is 2. The van der Waals surface area contributed by atoms with Crippen LogP contribution in [-0.4, -0.2) is 48.6 Å². The van der Waals surface area contributed by atoms with Crippen molar-refractivity contribution >= 4 is 23.1 Å². The molecule has 0 spiro atoms. The topological polar surface area (TPSA) is 86.7 Å². The first-order chi connectivity index (χ1) is 10.4. The van der Waals surface area contributed by atoms with Crippen molar-refractivity contribution < 1.29 is 28.7 Å². The average Bonchev–Trinajstić information content (AvgIpc) is 2.42. The Morgan fingerprint density at radius 2 is 1.05 bits per heavy atom. The summed E-state index contributed by atoms with van der Waals surface area (Å²) in [6.45, 7) is 2.72. The lowest BCUT2D eigenvalue weighted by atomic mass is 9.95. The number of rotatable bonds is 10. The smallest absolute Gasteiger partial charge is 0.165 e. The minimum Gasteiger partial charge on any atom is -0.370 e. The molecule has 124 valence electrons. The molecular formula is C16H24O6. The van der Waals surface area contributed by atoms with Gasteiger partial charge in [0.05, 0.1) is 25.0 Å². The molecule has 0 aromatic rings. The van der Waals surface area contributed by atoms with Crippen molar-refractivity contribution in [1.29, 1.82) is 0 Å². The van der Waals surface area contributed by atoms with Gasteiger partial charge in [0.2, 0.25) is 0 Å². The van der Waals surface area contributed by atoms with Crippen LogP contribution in [0.3, 0.4) is 0 Å². The van der Waals surface area contributed by atoms with Crippen molar-refractivity contribution in [1.82, 2.24) is 0 Å². The van der Waals surface area contributed by atoms with E-state index in [0.29, 0.717) is 0 Å². The molecule has 0 N–H and O–H groups in total. The second-order valence-electron chi connectivity index (χ2n) is 5.86. The summed E-state index contributed by atoms with van der Waals surface area (Å²) in [4.78, 5) is 44.4. The zero-order chi connectivity index (χ0) is 16.5. The molecule has 0 atom stereocenters. The van der Waals surface area contributed by atoms with Gasteiger partial charge in [-0.15, -0.1) is 0 Å². The first-order valence-electron chi connectivity index (χ1n) is 7.62. The average molecular weight is 312 g/mol. The Bertz CT molecular complexity index is 380. The van der Waals surface area contributed by atoms with E-state index in [9.17, 15) is 19.2 Å². The molecule has 0 amide bonds. The molecule has 22 heavy (non-hydrogen) atoms. The van der Waals surface area contributed by atoms with Gasteiger partial charge in [0.15, 0.2) is 11.6 Å². The molecule has 6 nitrogen and oxygen atoms in total. The van der Waals surface area contributed by atoms with E-state index in [1.807, 2.05) is 0 Å². The number of ketones is 4. The Morgan fingerprint density at radius 3 is 1.32 bits per heavy atom. The number of Topliss-reactive ketones (excluding diaryl/α,β-unsaturated/α-hetero) is 4. The van der Waals surface area contributed by atoms with E-state index in [4.69, 9.17) is 9.47 Å². The monoisotopic (exact) mass is 312 g/mol. The second-order valence-corrected chi connectivity index (χ2v) is 5.86. The molecule has 0 saturated heterocycles. The Kier molecular flexibility index (Phi) is 8.12. The van der Waals surface area contributed by atoms with Crippen molar-refractivity contribution in [3.05, 3.63) is 0 Å². The Labute approximate surface area is 130 Å². The largest absolute Gasteiger partial charge is 0.370 e. The van der Waals surface area contributed by atoms with E-state index >= 15 is 0 Å². The van der Waals surface area contributed by atoms with Gasteiger partial charge < -0.3 is 9.47 Å². The van der Waals surface area contributed by atoms with Gasteiger partial charge in [0, 0.05) is 0 Å². The molecule has 0 aromatic heterocycles. The summed E-state index contributed by atoms with van der Waals surface area (Å²) in [5.41, 5.74) is 0. The maximum atomic E-state index is 11.4. The summed E-state index contributed by atoms with van der Waals surface area (Å²) in [5.74, 6) is -0.691. The fraction of sp³-hybridized carbons (Fsp3) is 0.750. The van der Waals surface area contributed by atoms with Crippen molar-refractivity contribution in [2.75, 3.05) is 13.2 Å². The predicted octanol–water partition coefficient (Wildman–Crippen LogP) is 1.43. The predicted molar refractivity (Wildman–Crippen MR) is 78.6 cm³/mol. The van der Waals surface area contributed by atoms with E-state index in [0.717, 1.165) is 25.7 Å². The van der Waals surface area contributed by atoms with E-state index < -0.39 is 0 Å². The fourth-order valence-corrected chi connectivity index (χ4v) is 2.44.